The molecule has 3 heteroatoms. The molecule has 1 aliphatic rings. The molecule has 2 rings (SSSR count). The summed E-state index contributed by atoms with van der Waals surface area (Å²) >= 11 is 0. The quantitative estimate of drug-likeness (QED) is 0.790. The van der Waals surface area contributed by atoms with Crippen LogP contribution in [-0.2, 0) is 20.8 Å². The van der Waals surface area contributed by atoms with E-state index in [1.54, 1.807) is 0 Å². The number of rotatable bonds is 6. The fourth-order valence-electron chi connectivity index (χ4n) is 2.25. The summed E-state index contributed by atoms with van der Waals surface area (Å²) in [5.41, 5.74) is 1.20. The highest BCUT2D eigenvalue weighted by Gasteiger charge is 2.20. The molecule has 1 unspecified atom stereocenters. The Bertz CT molecular complexity index is 344. The Balaban J connectivity index is 1.61. The van der Waals surface area contributed by atoms with E-state index >= 15 is 0 Å². The molecule has 1 aromatic carbocycles. The number of ether oxygens (including phenoxy) is 3. The first kappa shape index (κ1) is 14.5. The largest absolute Gasteiger partial charge is 0.376 e. The molecule has 1 heterocycles. The van der Waals surface area contributed by atoms with Crippen molar-refractivity contribution in [2.75, 3.05) is 13.2 Å². The monoisotopic (exact) mass is 264 g/mol. The van der Waals surface area contributed by atoms with E-state index in [4.69, 9.17) is 14.2 Å². The average molecular weight is 264 g/mol. The van der Waals surface area contributed by atoms with Crippen molar-refractivity contribution in [3.8, 4) is 0 Å². The van der Waals surface area contributed by atoms with Crippen molar-refractivity contribution in [1.29, 1.82) is 0 Å². The molecular weight excluding hydrogens is 240 g/mol. The second-order valence-corrected chi connectivity index (χ2v) is 5.29. The molecule has 0 aliphatic carbocycles. The summed E-state index contributed by atoms with van der Waals surface area (Å²) in [5, 5.41) is 0. The Morgan fingerprint density at radius 1 is 1.26 bits per heavy atom. The summed E-state index contributed by atoms with van der Waals surface area (Å²) in [5.74, 6) is 0. The van der Waals surface area contributed by atoms with Crippen LogP contribution in [0, 0.1) is 0 Å². The van der Waals surface area contributed by atoms with Crippen LogP contribution in [0.2, 0.25) is 0 Å². The molecule has 0 spiro atoms. The van der Waals surface area contributed by atoms with Crippen LogP contribution in [0.5, 0.6) is 0 Å². The van der Waals surface area contributed by atoms with Crippen molar-refractivity contribution in [3.05, 3.63) is 35.9 Å². The van der Waals surface area contributed by atoms with Crippen LogP contribution >= 0.6 is 0 Å². The highest BCUT2D eigenvalue weighted by atomic mass is 16.6. The topological polar surface area (TPSA) is 27.7 Å². The minimum atomic E-state index is 0.116. The fourth-order valence-corrected chi connectivity index (χ4v) is 2.25. The van der Waals surface area contributed by atoms with Gasteiger partial charge >= 0.3 is 0 Å². The molecule has 1 fully saturated rings. The number of benzene rings is 1. The Kier molecular flexibility index (Phi) is 5.83. The van der Waals surface area contributed by atoms with Crippen molar-refractivity contribution >= 4 is 0 Å². The van der Waals surface area contributed by atoms with Crippen LogP contribution in [0.25, 0.3) is 0 Å². The van der Waals surface area contributed by atoms with Crippen molar-refractivity contribution in [2.45, 2.75) is 51.6 Å². The van der Waals surface area contributed by atoms with Crippen molar-refractivity contribution in [3.63, 3.8) is 0 Å². The van der Waals surface area contributed by atoms with Crippen LogP contribution in [0.1, 0.15) is 32.3 Å². The summed E-state index contributed by atoms with van der Waals surface area (Å²) in [6, 6.07) is 10.2. The molecule has 0 amide bonds. The average Bonchev–Trinajstić information content (AvgIpc) is 2.43. The maximum atomic E-state index is 5.93. The van der Waals surface area contributed by atoms with Crippen molar-refractivity contribution in [2.24, 2.45) is 0 Å². The Morgan fingerprint density at radius 2 is 2.05 bits per heavy atom. The first-order chi connectivity index (χ1) is 9.24. The van der Waals surface area contributed by atoms with E-state index in [1.165, 1.54) is 5.56 Å². The van der Waals surface area contributed by atoms with Crippen LogP contribution in [0.15, 0.2) is 30.3 Å². The third kappa shape index (κ3) is 5.31. The highest BCUT2D eigenvalue weighted by Crippen LogP contribution is 2.17. The van der Waals surface area contributed by atoms with E-state index in [9.17, 15) is 0 Å². The lowest BCUT2D eigenvalue weighted by Crippen LogP contribution is -2.33. The SMILES string of the molecule is C[C@H]1CCC(O[C@@H](C)COCc2ccccc2)CO1. The van der Waals surface area contributed by atoms with Gasteiger partial charge in [0.15, 0.2) is 0 Å². The third-order valence-corrected chi connectivity index (χ3v) is 3.35. The third-order valence-electron chi connectivity index (χ3n) is 3.35. The summed E-state index contributed by atoms with van der Waals surface area (Å²) in [6.07, 6.45) is 2.90. The summed E-state index contributed by atoms with van der Waals surface area (Å²) in [7, 11) is 0. The molecule has 0 saturated carbocycles. The number of hydrogen-bond acceptors (Lipinski definition) is 3. The first-order valence-electron chi connectivity index (χ1n) is 7.13. The molecular formula is C16H24O3. The fraction of sp³-hybridized carbons (Fsp3) is 0.625. The Labute approximate surface area is 115 Å². The summed E-state index contributed by atoms with van der Waals surface area (Å²) < 4.78 is 17.2. The zero-order chi connectivity index (χ0) is 13.5. The zero-order valence-electron chi connectivity index (χ0n) is 11.9. The van der Waals surface area contributed by atoms with Crippen LogP contribution in [-0.4, -0.2) is 31.5 Å². The van der Waals surface area contributed by atoms with Crippen molar-refractivity contribution in [1.82, 2.24) is 0 Å². The van der Waals surface area contributed by atoms with Gasteiger partial charge in [0.05, 0.1) is 38.1 Å². The lowest BCUT2D eigenvalue weighted by atomic mass is 10.1. The van der Waals surface area contributed by atoms with Crippen LogP contribution < -0.4 is 0 Å². The van der Waals surface area contributed by atoms with Gasteiger partial charge < -0.3 is 14.2 Å². The minimum Gasteiger partial charge on any atom is -0.376 e. The van der Waals surface area contributed by atoms with Crippen LogP contribution in [0.4, 0.5) is 0 Å². The van der Waals surface area contributed by atoms with E-state index in [2.05, 4.69) is 26.0 Å². The van der Waals surface area contributed by atoms with Gasteiger partial charge in [-0.2, -0.15) is 0 Å². The predicted octanol–water partition coefficient (Wildman–Crippen LogP) is 3.18. The molecule has 0 aromatic heterocycles. The maximum Gasteiger partial charge on any atom is 0.0814 e. The second-order valence-electron chi connectivity index (χ2n) is 5.29. The van der Waals surface area contributed by atoms with Crippen molar-refractivity contribution < 1.29 is 14.2 Å². The van der Waals surface area contributed by atoms with E-state index in [0.717, 1.165) is 12.8 Å². The lowest BCUT2D eigenvalue weighted by molar-refractivity contribution is -0.117. The van der Waals surface area contributed by atoms with Gasteiger partial charge in [-0.15, -0.1) is 0 Å². The summed E-state index contributed by atoms with van der Waals surface area (Å²) in [6.45, 7) is 6.16. The zero-order valence-corrected chi connectivity index (χ0v) is 11.9. The minimum absolute atomic E-state index is 0.116. The molecule has 3 atom stereocenters. The van der Waals surface area contributed by atoms with Gasteiger partial charge in [-0.25, -0.2) is 0 Å². The molecule has 0 N–H and O–H groups in total. The standard InChI is InChI=1S/C16H24O3/c1-13-8-9-16(12-18-13)19-14(2)10-17-11-15-6-4-3-5-7-15/h3-7,13-14,16H,8-12H2,1-2H3/t13-,14-,16?/m0/s1. The van der Waals surface area contributed by atoms with Crippen LogP contribution in [0.3, 0.4) is 0 Å². The molecule has 0 bridgehead atoms. The lowest BCUT2D eigenvalue weighted by Gasteiger charge is -2.29. The first-order valence-corrected chi connectivity index (χ1v) is 7.13. The maximum absolute atomic E-state index is 5.93. The highest BCUT2D eigenvalue weighted by molar-refractivity contribution is 5.13. The summed E-state index contributed by atoms with van der Waals surface area (Å²) in [4.78, 5) is 0. The molecule has 1 aromatic rings. The van der Waals surface area contributed by atoms with Gasteiger partial charge in [-0.3, -0.25) is 0 Å². The van der Waals surface area contributed by atoms with Gasteiger partial charge in [0, 0.05) is 0 Å². The molecule has 106 valence electrons. The molecule has 3 nitrogen and oxygen atoms in total. The van der Waals surface area contributed by atoms with Gasteiger partial charge in [-0.1, -0.05) is 30.3 Å². The van der Waals surface area contributed by atoms with Gasteiger partial charge in [0.2, 0.25) is 0 Å². The molecule has 1 aliphatic heterocycles. The Hall–Kier alpha value is -0.900. The normalized spacial score (nSPS) is 25.2. The molecule has 0 radical (unpaired) electrons. The smallest absolute Gasteiger partial charge is 0.0814 e. The molecule has 1 saturated heterocycles. The number of hydrogen-bond donors (Lipinski definition) is 0. The van der Waals surface area contributed by atoms with Gasteiger partial charge in [-0.05, 0) is 32.3 Å². The van der Waals surface area contributed by atoms with Gasteiger partial charge in [0.25, 0.3) is 0 Å². The van der Waals surface area contributed by atoms with E-state index in [1.807, 2.05) is 18.2 Å². The predicted molar refractivity (Wildman–Crippen MR) is 75.1 cm³/mol. The van der Waals surface area contributed by atoms with Gasteiger partial charge in [0.1, 0.15) is 0 Å². The Morgan fingerprint density at radius 3 is 2.74 bits per heavy atom. The second kappa shape index (κ2) is 7.63. The van der Waals surface area contributed by atoms with E-state index < -0.39 is 0 Å². The van der Waals surface area contributed by atoms with E-state index in [0.29, 0.717) is 25.9 Å². The van der Waals surface area contributed by atoms with E-state index in [-0.39, 0.29) is 12.2 Å². The molecule has 19 heavy (non-hydrogen) atoms.